The molecule has 3 rings (SSSR count). The van der Waals surface area contributed by atoms with Gasteiger partial charge in [0.15, 0.2) is 0 Å². The van der Waals surface area contributed by atoms with E-state index in [9.17, 15) is 0 Å². The van der Waals surface area contributed by atoms with Crippen LogP contribution in [-0.2, 0) is 6.61 Å². The molecule has 1 heterocycles. The number of halogens is 1. The Morgan fingerprint density at radius 2 is 1.70 bits per heavy atom. The number of fused-ring (bicyclic) bond motifs is 1. The maximum atomic E-state index is 5.77. The van der Waals surface area contributed by atoms with Crippen molar-refractivity contribution in [2.75, 3.05) is 5.73 Å². The Labute approximate surface area is 123 Å². The highest BCUT2D eigenvalue weighted by Gasteiger charge is 2.02. The third-order valence-electron chi connectivity index (χ3n) is 3.01. The molecule has 20 heavy (non-hydrogen) atoms. The SMILES string of the molecule is Cl.Nc1ccc(OCc2ccnc3ccccc23)cc1. The van der Waals surface area contributed by atoms with Crippen LogP contribution in [0.1, 0.15) is 5.56 Å². The van der Waals surface area contributed by atoms with Crippen LogP contribution in [0.15, 0.2) is 60.8 Å². The summed E-state index contributed by atoms with van der Waals surface area (Å²) in [4.78, 5) is 4.34. The summed E-state index contributed by atoms with van der Waals surface area (Å²) in [7, 11) is 0. The molecule has 3 nitrogen and oxygen atoms in total. The second-order valence-corrected chi connectivity index (χ2v) is 4.34. The highest BCUT2D eigenvalue weighted by molar-refractivity contribution is 5.85. The summed E-state index contributed by atoms with van der Waals surface area (Å²) in [6.07, 6.45) is 1.81. The van der Waals surface area contributed by atoms with E-state index in [2.05, 4.69) is 11.1 Å². The lowest BCUT2D eigenvalue weighted by molar-refractivity contribution is 0.307. The molecule has 0 amide bonds. The lowest BCUT2D eigenvalue weighted by Crippen LogP contribution is -1.97. The van der Waals surface area contributed by atoms with E-state index in [0.29, 0.717) is 6.61 Å². The Balaban J connectivity index is 0.00000147. The van der Waals surface area contributed by atoms with Crippen molar-refractivity contribution in [3.05, 3.63) is 66.4 Å². The summed E-state index contributed by atoms with van der Waals surface area (Å²) in [5.41, 5.74) is 8.50. The molecule has 2 aromatic carbocycles. The zero-order chi connectivity index (χ0) is 13.1. The minimum Gasteiger partial charge on any atom is -0.489 e. The van der Waals surface area contributed by atoms with E-state index in [1.165, 1.54) is 0 Å². The van der Waals surface area contributed by atoms with E-state index in [0.717, 1.165) is 27.9 Å². The fourth-order valence-corrected chi connectivity index (χ4v) is 2.01. The summed E-state index contributed by atoms with van der Waals surface area (Å²) in [5.74, 6) is 0.815. The molecule has 0 fully saturated rings. The monoisotopic (exact) mass is 286 g/mol. The predicted molar refractivity (Wildman–Crippen MR) is 84.2 cm³/mol. The van der Waals surface area contributed by atoms with Crippen LogP contribution < -0.4 is 10.5 Å². The first kappa shape index (κ1) is 14.2. The Hall–Kier alpha value is -2.26. The molecule has 0 radical (unpaired) electrons. The average Bonchev–Trinajstić information content (AvgIpc) is 2.47. The van der Waals surface area contributed by atoms with Crippen LogP contribution in [0.5, 0.6) is 5.75 Å². The number of benzene rings is 2. The normalized spacial score (nSPS) is 10.0. The van der Waals surface area contributed by atoms with Crippen LogP contribution in [0.3, 0.4) is 0 Å². The zero-order valence-corrected chi connectivity index (χ0v) is 11.6. The van der Waals surface area contributed by atoms with Crippen LogP contribution >= 0.6 is 12.4 Å². The number of hydrogen-bond donors (Lipinski definition) is 1. The Morgan fingerprint density at radius 3 is 2.50 bits per heavy atom. The molecule has 3 aromatic rings. The third kappa shape index (κ3) is 3.00. The molecule has 0 saturated heterocycles. The van der Waals surface area contributed by atoms with Crippen molar-refractivity contribution in [3.63, 3.8) is 0 Å². The predicted octanol–water partition coefficient (Wildman–Crippen LogP) is 3.82. The van der Waals surface area contributed by atoms with Crippen molar-refractivity contribution in [1.29, 1.82) is 0 Å². The number of pyridine rings is 1. The molecule has 102 valence electrons. The average molecular weight is 287 g/mol. The second kappa shape index (κ2) is 6.26. The molecule has 4 heteroatoms. The van der Waals surface area contributed by atoms with Gasteiger partial charge in [0.25, 0.3) is 0 Å². The van der Waals surface area contributed by atoms with Gasteiger partial charge in [-0.2, -0.15) is 0 Å². The number of para-hydroxylation sites is 1. The Kier molecular flexibility index (Phi) is 4.43. The summed E-state index contributed by atoms with van der Waals surface area (Å²) >= 11 is 0. The smallest absolute Gasteiger partial charge is 0.119 e. The van der Waals surface area contributed by atoms with Crippen molar-refractivity contribution < 1.29 is 4.74 Å². The molecule has 0 saturated carbocycles. The van der Waals surface area contributed by atoms with E-state index in [4.69, 9.17) is 10.5 Å². The van der Waals surface area contributed by atoms with Crippen molar-refractivity contribution in [1.82, 2.24) is 4.98 Å². The van der Waals surface area contributed by atoms with Gasteiger partial charge in [-0.1, -0.05) is 18.2 Å². The zero-order valence-electron chi connectivity index (χ0n) is 10.8. The molecular formula is C16H15ClN2O. The van der Waals surface area contributed by atoms with Gasteiger partial charge in [0.1, 0.15) is 12.4 Å². The van der Waals surface area contributed by atoms with E-state index in [1.807, 2.05) is 54.7 Å². The summed E-state index contributed by atoms with van der Waals surface area (Å²) in [6.45, 7) is 0.521. The van der Waals surface area contributed by atoms with Crippen LogP contribution in [0.2, 0.25) is 0 Å². The molecule has 0 aliphatic carbocycles. The highest BCUT2D eigenvalue weighted by atomic mass is 35.5. The summed E-state index contributed by atoms with van der Waals surface area (Å²) < 4.78 is 5.77. The second-order valence-electron chi connectivity index (χ2n) is 4.34. The van der Waals surface area contributed by atoms with Gasteiger partial charge in [0.2, 0.25) is 0 Å². The third-order valence-corrected chi connectivity index (χ3v) is 3.01. The van der Waals surface area contributed by atoms with Gasteiger partial charge in [-0.05, 0) is 36.4 Å². The number of rotatable bonds is 3. The molecule has 0 spiro atoms. The molecule has 0 bridgehead atoms. The van der Waals surface area contributed by atoms with Gasteiger partial charge in [0.05, 0.1) is 5.52 Å². The number of aromatic nitrogens is 1. The van der Waals surface area contributed by atoms with Gasteiger partial charge in [-0.15, -0.1) is 12.4 Å². The molecule has 0 aliphatic rings. The fourth-order valence-electron chi connectivity index (χ4n) is 2.01. The van der Waals surface area contributed by atoms with Gasteiger partial charge in [-0.25, -0.2) is 0 Å². The van der Waals surface area contributed by atoms with Crippen molar-refractivity contribution >= 4 is 29.0 Å². The minimum absolute atomic E-state index is 0. The van der Waals surface area contributed by atoms with E-state index < -0.39 is 0 Å². The van der Waals surface area contributed by atoms with Crippen LogP contribution in [0.25, 0.3) is 10.9 Å². The number of anilines is 1. The van der Waals surface area contributed by atoms with Gasteiger partial charge in [-0.3, -0.25) is 4.98 Å². The van der Waals surface area contributed by atoms with Gasteiger partial charge in [0, 0.05) is 22.8 Å². The van der Waals surface area contributed by atoms with E-state index in [-0.39, 0.29) is 12.4 Å². The number of ether oxygens (including phenoxy) is 1. The van der Waals surface area contributed by atoms with Crippen molar-refractivity contribution in [2.24, 2.45) is 0 Å². The molecule has 1 aromatic heterocycles. The van der Waals surface area contributed by atoms with Crippen LogP contribution in [0.4, 0.5) is 5.69 Å². The number of nitrogens with two attached hydrogens (primary N) is 1. The van der Waals surface area contributed by atoms with Crippen molar-refractivity contribution in [3.8, 4) is 5.75 Å². The topological polar surface area (TPSA) is 48.1 Å². The van der Waals surface area contributed by atoms with E-state index in [1.54, 1.807) is 0 Å². The van der Waals surface area contributed by atoms with Gasteiger partial charge < -0.3 is 10.5 Å². The van der Waals surface area contributed by atoms with Gasteiger partial charge >= 0.3 is 0 Å². The Morgan fingerprint density at radius 1 is 0.950 bits per heavy atom. The minimum atomic E-state index is 0. The standard InChI is InChI=1S/C16H14N2O.ClH/c17-13-5-7-14(8-6-13)19-11-12-9-10-18-16-4-2-1-3-15(12)16;/h1-10H,11,17H2;1H. The van der Waals surface area contributed by atoms with Crippen LogP contribution in [-0.4, -0.2) is 4.98 Å². The molecule has 0 unspecified atom stereocenters. The fraction of sp³-hybridized carbons (Fsp3) is 0.0625. The summed E-state index contributed by atoms with van der Waals surface area (Å²) in [5, 5.41) is 1.13. The van der Waals surface area contributed by atoms with Crippen LogP contribution in [0, 0.1) is 0 Å². The number of nitrogens with zero attached hydrogens (tertiary/aromatic N) is 1. The lowest BCUT2D eigenvalue weighted by Gasteiger charge is -2.08. The molecule has 0 atom stereocenters. The maximum absolute atomic E-state index is 5.77. The van der Waals surface area contributed by atoms with Crippen molar-refractivity contribution in [2.45, 2.75) is 6.61 Å². The largest absolute Gasteiger partial charge is 0.489 e. The summed E-state index contributed by atoms with van der Waals surface area (Å²) in [6, 6.07) is 17.5. The molecule has 2 N–H and O–H groups in total. The number of nitrogen functional groups attached to an aromatic ring is 1. The lowest BCUT2D eigenvalue weighted by atomic mass is 10.1. The Bertz CT molecular complexity index is 693. The molecule has 0 aliphatic heterocycles. The maximum Gasteiger partial charge on any atom is 0.119 e. The first-order valence-electron chi connectivity index (χ1n) is 6.14. The molecular weight excluding hydrogens is 272 g/mol. The first-order valence-corrected chi connectivity index (χ1v) is 6.14. The highest BCUT2D eigenvalue weighted by Crippen LogP contribution is 2.19. The van der Waals surface area contributed by atoms with E-state index >= 15 is 0 Å². The quantitative estimate of drug-likeness (QED) is 0.745. The number of hydrogen-bond acceptors (Lipinski definition) is 3. The first-order chi connectivity index (χ1) is 9.33.